The number of rotatable bonds is 6. The second kappa shape index (κ2) is 7.57. The molecule has 0 unspecified atom stereocenters. The number of pyridine rings is 1. The molecule has 0 aliphatic rings. The highest BCUT2D eigenvalue weighted by molar-refractivity contribution is 7.99. The molecule has 4 heteroatoms. The molecule has 1 heterocycles. The molecule has 0 N–H and O–H groups in total. The topological polar surface area (TPSA) is 25.2 Å². The molecule has 0 aromatic carbocycles. The number of thiocarbonyl (C=S) groups is 1. The maximum absolute atomic E-state index is 4.52. The van der Waals surface area contributed by atoms with Gasteiger partial charge in [0.1, 0.15) is 0 Å². The van der Waals surface area contributed by atoms with Crippen molar-refractivity contribution in [1.82, 2.24) is 4.98 Å². The Balaban J connectivity index is 2.39. The average molecular weight is 238 g/mol. The lowest BCUT2D eigenvalue weighted by Gasteiger charge is -1.99. The largest absolute Gasteiger partial charge is 0.248 e. The Morgan fingerprint density at radius 1 is 1.47 bits per heavy atom. The van der Waals surface area contributed by atoms with Crippen molar-refractivity contribution in [3.05, 3.63) is 18.3 Å². The van der Waals surface area contributed by atoms with Crippen molar-refractivity contribution in [3.8, 4) is 0 Å². The fourth-order valence-corrected chi connectivity index (χ4v) is 2.06. The van der Waals surface area contributed by atoms with Crippen LogP contribution in [0.3, 0.4) is 0 Å². The van der Waals surface area contributed by atoms with Crippen molar-refractivity contribution in [3.63, 3.8) is 0 Å². The monoisotopic (exact) mass is 238 g/mol. The van der Waals surface area contributed by atoms with Gasteiger partial charge in [-0.3, -0.25) is 0 Å². The lowest BCUT2D eigenvalue weighted by atomic mass is 10.3. The Labute approximate surface area is 100 Å². The van der Waals surface area contributed by atoms with Gasteiger partial charge in [0.2, 0.25) is 0 Å². The molecule has 0 spiro atoms. The number of hydrogen-bond acceptors (Lipinski definition) is 4. The number of hydrogen-bond donors (Lipinski definition) is 0. The summed E-state index contributed by atoms with van der Waals surface area (Å²) in [5.74, 6) is 1.14. The van der Waals surface area contributed by atoms with E-state index in [1.165, 1.54) is 19.3 Å². The van der Waals surface area contributed by atoms with E-state index in [1.807, 2.05) is 12.1 Å². The van der Waals surface area contributed by atoms with Gasteiger partial charge in [-0.2, -0.15) is 4.99 Å². The summed E-state index contributed by atoms with van der Waals surface area (Å²) < 4.78 is 0. The summed E-state index contributed by atoms with van der Waals surface area (Å²) in [6.07, 6.45) is 5.53. The summed E-state index contributed by atoms with van der Waals surface area (Å²) in [5.41, 5.74) is 0.767. The minimum Gasteiger partial charge on any atom is -0.248 e. The number of aliphatic imine (C=N–C) groups is 1. The highest BCUT2D eigenvalue weighted by atomic mass is 32.2. The van der Waals surface area contributed by atoms with E-state index in [0.29, 0.717) is 0 Å². The molecule has 0 fully saturated rings. The van der Waals surface area contributed by atoms with Crippen molar-refractivity contribution in [2.24, 2.45) is 4.99 Å². The summed E-state index contributed by atoms with van der Waals surface area (Å²) in [7, 11) is 0. The summed E-state index contributed by atoms with van der Waals surface area (Å²) in [4.78, 5) is 8.13. The summed E-state index contributed by atoms with van der Waals surface area (Å²) in [6, 6.07) is 3.89. The van der Waals surface area contributed by atoms with Gasteiger partial charge >= 0.3 is 0 Å². The number of isothiocyanates is 1. The van der Waals surface area contributed by atoms with Crippen molar-refractivity contribution in [2.75, 3.05) is 5.75 Å². The molecule has 0 saturated heterocycles. The van der Waals surface area contributed by atoms with Crippen LogP contribution in [0.15, 0.2) is 28.3 Å². The van der Waals surface area contributed by atoms with E-state index in [-0.39, 0.29) is 0 Å². The maximum atomic E-state index is 4.52. The lowest BCUT2D eigenvalue weighted by Crippen LogP contribution is -1.82. The standard InChI is InChI=1S/C11H14N2S2/c1-2-3-4-7-15-11-6-5-10(8-12-11)13-9-14/h5-6,8H,2-4,7H2,1H3. The predicted octanol–water partition coefficient (Wildman–Crippen LogP) is 4.10. The molecule has 0 amide bonds. The Bertz CT molecular complexity index is 329. The van der Waals surface area contributed by atoms with E-state index < -0.39 is 0 Å². The SMILES string of the molecule is CCCCCSc1ccc(N=C=S)cn1. The third-order valence-corrected chi connectivity index (χ3v) is 3.01. The van der Waals surface area contributed by atoms with E-state index in [4.69, 9.17) is 0 Å². The third kappa shape index (κ3) is 5.07. The fourth-order valence-electron chi connectivity index (χ4n) is 1.11. The van der Waals surface area contributed by atoms with Gasteiger partial charge in [0.15, 0.2) is 0 Å². The average Bonchev–Trinajstić information content (AvgIpc) is 2.27. The van der Waals surface area contributed by atoms with Crippen LogP contribution < -0.4 is 0 Å². The Hall–Kier alpha value is -0.700. The van der Waals surface area contributed by atoms with Crippen LogP contribution in [0.25, 0.3) is 0 Å². The van der Waals surface area contributed by atoms with Crippen molar-refractivity contribution >= 4 is 34.8 Å². The third-order valence-electron chi connectivity index (χ3n) is 1.89. The molecule has 0 saturated carbocycles. The molecule has 80 valence electrons. The lowest BCUT2D eigenvalue weighted by molar-refractivity contribution is 0.778. The summed E-state index contributed by atoms with van der Waals surface area (Å²) in [6.45, 7) is 2.21. The zero-order valence-corrected chi connectivity index (χ0v) is 10.4. The van der Waals surface area contributed by atoms with Gasteiger partial charge in [-0.05, 0) is 36.5 Å². The second-order valence-corrected chi connectivity index (χ2v) is 4.41. The van der Waals surface area contributed by atoms with Crippen LogP contribution in [-0.4, -0.2) is 15.9 Å². The number of nitrogens with zero attached hydrogens (tertiary/aromatic N) is 2. The van der Waals surface area contributed by atoms with Crippen molar-refractivity contribution in [2.45, 2.75) is 31.2 Å². The van der Waals surface area contributed by atoms with Crippen LogP contribution in [0.5, 0.6) is 0 Å². The molecule has 1 aromatic heterocycles. The first-order chi connectivity index (χ1) is 7.36. The van der Waals surface area contributed by atoms with Gasteiger partial charge in [-0.15, -0.1) is 11.8 Å². The quantitative estimate of drug-likeness (QED) is 0.323. The maximum Gasteiger partial charge on any atom is 0.0961 e. The molecule has 15 heavy (non-hydrogen) atoms. The molecular formula is C11H14N2S2. The van der Waals surface area contributed by atoms with E-state index >= 15 is 0 Å². The van der Waals surface area contributed by atoms with E-state index in [1.54, 1.807) is 18.0 Å². The number of thioether (sulfide) groups is 1. The van der Waals surface area contributed by atoms with Crippen LogP contribution in [0, 0.1) is 0 Å². The minimum absolute atomic E-state index is 0.767. The highest BCUT2D eigenvalue weighted by Crippen LogP contribution is 2.19. The minimum atomic E-state index is 0.767. The molecule has 0 bridgehead atoms. The van der Waals surface area contributed by atoms with Crippen LogP contribution in [0.4, 0.5) is 5.69 Å². The smallest absolute Gasteiger partial charge is 0.0961 e. The van der Waals surface area contributed by atoms with Crippen LogP contribution in [-0.2, 0) is 0 Å². The first kappa shape index (κ1) is 12.4. The van der Waals surface area contributed by atoms with Gasteiger partial charge in [-0.25, -0.2) is 4.98 Å². The molecule has 0 aliphatic carbocycles. The van der Waals surface area contributed by atoms with Crippen LogP contribution in [0.1, 0.15) is 26.2 Å². The molecular weight excluding hydrogens is 224 g/mol. The van der Waals surface area contributed by atoms with Gasteiger partial charge < -0.3 is 0 Å². The summed E-state index contributed by atoms with van der Waals surface area (Å²) in [5, 5.41) is 3.38. The van der Waals surface area contributed by atoms with Gasteiger partial charge in [0.25, 0.3) is 0 Å². The molecule has 0 atom stereocenters. The molecule has 1 rings (SSSR count). The zero-order valence-electron chi connectivity index (χ0n) is 8.77. The Kier molecular flexibility index (Phi) is 6.25. The predicted molar refractivity (Wildman–Crippen MR) is 69.2 cm³/mol. The Morgan fingerprint density at radius 2 is 2.33 bits per heavy atom. The molecule has 1 aromatic rings. The van der Waals surface area contributed by atoms with Crippen LogP contribution >= 0.6 is 24.0 Å². The first-order valence-corrected chi connectivity index (χ1v) is 6.43. The number of unbranched alkanes of at least 4 members (excludes halogenated alkanes) is 2. The molecule has 0 aliphatic heterocycles. The normalized spacial score (nSPS) is 9.67. The second-order valence-electron chi connectivity index (χ2n) is 3.11. The Morgan fingerprint density at radius 3 is 2.93 bits per heavy atom. The van der Waals surface area contributed by atoms with E-state index in [0.717, 1.165) is 16.5 Å². The molecule has 2 nitrogen and oxygen atoms in total. The molecule has 0 radical (unpaired) electrons. The van der Waals surface area contributed by atoms with Gasteiger partial charge in [-0.1, -0.05) is 19.8 Å². The van der Waals surface area contributed by atoms with Gasteiger partial charge in [0.05, 0.1) is 22.1 Å². The van der Waals surface area contributed by atoms with E-state index in [2.05, 4.69) is 34.3 Å². The summed E-state index contributed by atoms with van der Waals surface area (Å²) >= 11 is 6.30. The van der Waals surface area contributed by atoms with Crippen molar-refractivity contribution < 1.29 is 0 Å². The van der Waals surface area contributed by atoms with Gasteiger partial charge in [0, 0.05) is 0 Å². The first-order valence-electron chi connectivity index (χ1n) is 5.03. The van der Waals surface area contributed by atoms with Crippen molar-refractivity contribution in [1.29, 1.82) is 0 Å². The van der Waals surface area contributed by atoms with E-state index in [9.17, 15) is 0 Å². The highest BCUT2D eigenvalue weighted by Gasteiger charge is 1.95. The zero-order chi connectivity index (χ0) is 10.9. The van der Waals surface area contributed by atoms with Crippen LogP contribution in [0.2, 0.25) is 0 Å². The fraction of sp³-hybridized carbons (Fsp3) is 0.455. The number of aromatic nitrogens is 1.